The Labute approximate surface area is 151 Å². The minimum absolute atomic E-state index is 0. The van der Waals surface area contributed by atoms with Crippen LogP contribution >= 0.6 is 24.0 Å². The third-order valence-corrected chi connectivity index (χ3v) is 2.79. The smallest absolute Gasteiger partial charge is 0.380 e. The zero-order chi connectivity index (χ0) is 16.4. The van der Waals surface area contributed by atoms with Gasteiger partial charge in [-0.25, -0.2) is 4.99 Å². The molecule has 0 aromatic heterocycles. The van der Waals surface area contributed by atoms with Crippen molar-refractivity contribution in [2.75, 3.05) is 26.3 Å². The van der Waals surface area contributed by atoms with Crippen LogP contribution in [-0.2, 0) is 17.5 Å². The normalized spacial score (nSPS) is 11.8. The molecule has 0 spiro atoms. The molecule has 0 radical (unpaired) electrons. The number of hydrogen-bond acceptors (Lipinski definition) is 2. The van der Waals surface area contributed by atoms with Gasteiger partial charge in [-0.2, -0.15) is 13.2 Å². The van der Waals surface area contributed by atoms with Crippen molar-refractivity contribution in [2.24, 2.45) is 4.99 Å². The summed E-state index contributed by atoms with van der Waals surface area (Å²) in [5.41, 5.74) is 0.0667. The minimum atomic E-state index is -4.31. The highest BCUT2D eigenvalue weighted by molar-refractivity contribution is 14.0. The number of hydrogen-bond donors (Lipinski definition) is 2. The second-order valence-corrected chi connectivity index (χ2v) is 4.51. The van der Waals surface area contributed by atoms with Crippen LogP contribution in [0.15, 0.2) is 29.3 Å². The Morgan fingerprint density at radius 3 is 2.30 bits per heavy atom. The molecule has 0 atom stereocenters. The van der Waals surface area contributed by atoms with Gasteiger partial charge in [-0.15, -0.1) is 24.0 Å². The van der Waals surface area contributed by atoms with E-state index in [0.29, 0.717) is 38.8 Å². The minimum Gasteiger partial charge on any atom is -0.380 e. The standard InChI is InChI=1S/C15H22F3N3O.HI/c1-3-19-14(20-9-10-22-4-2)21-11-12-5-7-13(8-6-12)15(16,17)18;/h5-8H,3-4,9-11H2,1-2H3,(H2,19,20,21);1H. The highest BCUT2D eigenvalue weighted by Gasteiger charge is 2.29. The van der Waals surface area contributed by atoms with Gasteiger partial charge in [0.15, 0.2) is 5.96 Å². The lowest BCUT2D eigenvalue weighted by Crippen LogP contribution is -2.39. The molecular formula is C15H23F3IN3O. The maximum absolute atomic E-state index is 12.5. The van der Waals surface area contributed by atoms with Crippen molar-refractivity contribution in [1.82, 2.24) is 10.6 Å². The first-order valence-electron chi connectivity index (χ1n) is 7.23. The quantitative estimate of drug-likeness (QED) is 0.293. The number of ether oxygens (including phenoxy) is 1. The van der Waals surface area contributed by atoms with E-state index in [0.717, 1.165) is 17.7 Å². The van der Waals surface area contributed by atoms with Gasteiger partial charge in [0.1, 0.15) is 0 Å². The Balaban J connectivity index is 0.00000484. The van der Waals surface area contributed by atoms with E-state index in [-0.39, 0.29) is 24.0 Å². The molecule has 1 aromatic carbocycles. The predicted molar refractivity (Wildman–Crippen MR) is 96.2 cm³/mol. The van der Waals surface area contributed by atoms with Crippen molar-refractivity contribution in [1.29, 1.82) is 0 Å². The Hall–Kier alpha value is -1.03. The number of benzene rings is 1. The molecule has 8 heteroatoms. The molecule has 23 heavy (non-hydrogen) atoms. The van der Waals surface area contributed by atoms with Crippen molar-refractivity contribution in [3.05, 3.63) is 35.4 Å². The second-order valence-electron chi connectivity index (χ2n) is 4.51. The van der Waals surface area contributed by atoms with Gasteiger partial charge in [0.25, 0.3) is 0 Å². The van der Waals surface area contributed by atoms with Gasteiger partial charge in [-0.05, 0) is 31.5 Å². The molecule has 0 unspecified atom stereocenters. The summed E-state index contributed by atoms with van der Waals surface area (Å²) in [4.78, 5) is 4.33. The van der Waals surface area contributed by atoms with E-state index >= 15 is 0 Å². The summed E-state index contributed by atoms with van der Waals surface area (Å²) >= 11 is 0. The van der Waals surface area contributed by atoms with Crippen LogP contribution in [0, 0.1) is 0 Å². The number of halogens is 4. The lowest BCUT2D eigenvalue weighted by Gasteiger charge is -2.11. The molecule has 0 heterocycles. The van der Waals surface area contributed by atoms with Gasteiger partial charge in [0.05, 0.1) is 18.7 Å². The molecule has 4 nitrogen and oxygen atoms in total. The maximum Gasteiger partial charge on any atom is 0.416 e. The summed E-state index contributed by atoms with van der Waals surface area (Å²) in [5.74, 6) is 0.613. The Kier molecular flexibility index (Phi) is 11.0. The fourth-order valence-electron chi connectivity index (χ4n) is 1.70. The van der Waals surface area contributed by atoms with Crippen LogP contribution in [0.25, 0.3) is 0 Å². The van der Waals surface area contributed by atoms with Crippen molar-refractivity contribution < 1.29 is 17.9 Å². The van der Waals surface area contributed by atoms with Crippen LogP contribution in [-0.4, -0.2) is 32.3 Å². The number of guanidine groups is 1. The number of aliphatic imine (C=N–C) groups is 1. The van der Waals surface area contributed by atoms with Crippen LogP contribution in [0.4, 0.5) is 13.2 Å². The fourth-order valence-corrected chi connectivity index (χ4v) is 1.70. The third kappa shape index (κ3) is 8.99. The third-order valence-electron chi connectivity index (χ3n) is 2.79. The van der Waals surface area contributed by atoms with Gasteiger partial charge in [-0.1, -0.05) is 12.1 Å². The first-order valence-corrected chi connectivity index (χ1v) is 7.23. The van der Waals surface area contributed by atoms with E-state index < -0.39 is 11.7 Å². The Morgan fingerprint density at radius 2 is 1.78 bits per heavy atom. The summed E-state index contributed by atoms with van der Waals surface area (Å²) in [6, 6.07) is 5.02. The molecule has 0 fully saturated rings. The highest BCUT2D eigenvalue weighted by Crippen LogP contribution is 2.29. The van der Waals surface area contributed by atoms with E-state index in [1.54, 1.807) is 0 Å². The Morgan fingerprint density at radius 1 is 1.13 bits per heavy atom. The maximum atomic E-state index is 12.5. The predicted octanol–water partition coefficient (Wildman–Crippen LogP) is 3.42. The molecule has 1 aromatic rings. The molecule has 0 amide bonds. The summed E-state index contributed by atoms with van der Waals surface area (Å²) in [5, 5.41) is 6.16. The second kappa shape index (κ2) is 11.5. The van der Waals surface area contributed by atoms with Crippen LogP contribution in [0.3, 0.4) is 0 Å². The molecule has 2 N–H and O–H groups in total. The zero-order valence-electron chi connectivity index (χ0n) is 13.2. The number of rotatable bonds is 7. The van der Waals surface area contributed by atoms with Gasteiger partial charge in [-0.3, -0.25) is 0 Å². The summed E-state index contributed by atoms with van der Waals surface area (Å²) in [6.45, 7) is 6.71. The van der Waals surface area contributed by atoms with E-state index in [2.05, 4.69) is 15.6 Å². The van der Waals surface area contributed by atoms with Crippen molar-refractivity contribution in [3.63, 3.8) is 0 Å². The molecule has 0 bridgehead atoms. The molecule has 0 aliphatic rings. The van der Waals surface area contributed by atoms with Gasteiger partial charge in [0, 0.05) is 19.7 Å². The number of nitrogens with one attached hydrogen (secondary N) is 2. The van der Waals surface area contributed by atoms with Crippen LogP contribution in [0.5, 0.6) is 0 Å². The average molecular weight is 445 g/mol. The fraction of sp³-hybridized carbons (Fsp3) is 0.533. The Bertz CT molecular complexity index is 464. The van der Waals surface area contributed by atoms with E-state index in [9.17, 15) is 13.2 Å². The topological polar surface area (TPSA) is 45.7 Å². The lowest BCUT2D eigenvalue weighted by atomic mass is 10.1. The van der Waals surface area contributed by atoms with Gasteiger partial charge in [0.2, 0.25) is 0 Å². The van der Waals surface area contributed by atoms with E-state index in [4.69, 9.17) is 4.74 Å². The molecular weight excluding hydrogens is 422 g/mol. The van der Waals surface area contributed by atoms with Gasteiger partial charge < -0.3 is 15.4 Å². The first-order chi connectivity index (χ1) is 10.5. The summed E-state index contributed by atoms with van der Waals surface area (Å²) in [6.07, 6.45) is -4.31. The zero-order valence-corrected chi connectivity index (χ0v) is 15.6. The average Bonchev–Trinajstić information content (AvgIpc) is 2.48. The van der Waals surface area contributed by atoms with E-state index in [1.807, 2.05) is 13.8 Å². The SMILES string of the molecule is CCNC(=NCc1ccc(C(F)(F)F)cc1)NCCOCC.I. The highest BCUT2D eigenvalue weighted by atomic mass is 127. The van der Waals surface area contributed by atoms with Crippen LogP contribution in [0.2, 0.25) is 0 Å². The molecule has 132 valence electrons. The lowest BCUT2D eigenvalue weighted by molar-refractivity contribution is -0.137. The molecule has 0 saturated heterocycles. The summed E-state index contributed by atoms with van der Waals surface area (Å²) < 4.78 is 42.6. The number of alkyl halides is 3. The summed E-state index contributed by atoms with van der Waals surface area (Å²) in [7, 11) is 0. The van der Waals surface area contributed by atoms with E-state index in [1.165, 1.54) is 12.1 Å². The van der Waals surface area contributed by atoms with Crippen LogP contribution < -0.4 is 10.6 Å². The first kappa shape index (κ1) is 22.0. The number of nitrogens with zero attached hydrogens (tertiary/aromatic N) is 1. The molecule has 0 saturated carbocycles. The van der Waals surface area contributed by atoms with Crippen molar-refractivity contribution in [2.45, 2.75) is 26.6 Å². The molecule has 0 aliphatic heterocycles. The largest absolute Gasteiger partial charge is 0.416 e. The molecule has 0 aliphatic carbocycles. The van der Waals surface area contributed by atoms with Crippen molar-refractivity contribution >= 4 is 29.9 Å². The monoisotopic (exact) mass is 445 g/mol. The van der Waals surface area contributed by atoms with Gasteiger partial charge >= 0.3 is 6.18 Å². The molecule has 1 rings (SSSR count). The van der Waals surface area contributed by atoms with Crippen molar-refractivity contribution in [3.8, 4) is 0 Å². The van der Waals surface area contributed by atoms with Crippen LogP contribution in [0.1, 0.15) is 25.0 Å².